The molecule has 0 aliphatic carbocycles. The van der Waals surface area contributed by atoms with Gasteiger partial charge in [0.25, 0.3) is 0 Å². The third-order valence-electron chi connectivity index (χ3n) is 12.4. The number of esters is 1. The van der Waals surface area contributed by atoms with E-state index < -0.39 is 83.7 Å². The summed E-state index contributed by atoms with van der Waals surface area (Å²) in [7, 11) is 5.29. The number of methoxy groups -OCH3 is 1. The van der Waals surface area contributed by atoms with Crippen molar-refractivity contribution in [2.24, 2.45) is 28.8 Å². The SMILES string of the molecule is CC[C@H]1OC(=O)[C@H](C)[C@@H](OC(=O)NCc2ccccc2)[C@H](C)[C@@H](O[C@@H]2O[C@H](C)C[C@H](N(C)C)[C@H]2O)[C@](C)(OC)C[C@@H](C)/C(=N/OCc2ccccc2Cl)[C@H](C)[C@@H](O)[C@]1(C)O. The third-order valence-corrected chi connectivity index (χ3v) is 12.8. The smallest absolute Gasteiger partial charge is 0.407 e. The average Bonchev–Trinajstić information content (AvgIpc) is 3.21. The van der Waals surface area contributed by atoms with Crippen LogP contribution >= 0.6 is 11.6 Å². The molecule has 2 saturated heterocycles. The second-order valence-corrected chi connectivity index (χ2v) is 17.7. The fourth-order valence-electron chi connectivity index (χ4n) is 8.69. The number of nitrogens with one attached hydrogen (secondary N) is 1. The Morgan fingerprint density at radius 3 is 2.28 bits per heavy atom. The van der Waals surface area contributed by atoms with E-state index >= 15 is 0 Å². The minimum Gasteiger partial charge on any atom is -0.459 e. The van der Waals surface area contributed by atoms with Crippen molar-refractivity contribution in [3.8, 4) is 0 Å². The van der Waals surface area contributed by atoms with E-state index in [9.17, 15) is 24.9 Å². The van der Waals surface area contributed by atoms with Crippen LogP contribution in [0.3, 0.4) is 0 Å². The van der Waals surface area contributed by atoms with Crippen LogP contribution in [0.25, 0.3) is 0 Å². The number of hydrogen-bond donors (Lipinski definition) is 4. The zero-order valence-corrected chi connectivity index (χ0v) is 37.8. The summed E-state index contributed by atoms with van der Waals surface area (Å²) in [6, 6.07) is 16.2. The second-order valence-electron chi connectivity index (χ2n) is 17.3. The van der Waals surface area contributed by atoms with Gasteiger partial charge in [-0.15, -0.1) is 0 Å². The Morgan fingerprint density at radius 1 is 1.02 bits per heavy atom. The van der Waals surface area contributed by atoms with Crippen LogP contribution in [-0.2, 0) is 46.5 Å². The Kier molecular flexibility index (Phi) is 17.8. The van der Waals surface area contributed by atoms with Crippen LogP contribution in [0.2, 0.25) is 5.02 Å². The molecule has 0 bridgehead atoms. The van der Waals surface area contributed by atoms with E-state index in [4.69, 9.17) is 40.1 Å². The van der Waals surface area contributed by atoms with Gasteiger partial charge >= 0.3 is 12.1 Å². The molecule has 60 heavy (non-hydrogen) atoms. The van der Waals surface area contributed by atoms with Gasteiger partial charge in [0, 0.05) is 48.0 Å². The fourth-order valence-corrected chi connectivity index (χ4v) is 8.88. The molecule has 336 valence electrons. The molecule has 2 aliphatic heterocycles. The number of alkyl carbamates (subject to hydrolysis) is 1. The molecule has 0 unspecified atom stereocenters. The summed E-state index contributed by atoms with van der Waals surface area (Å²) >= 11 is 6.43. The molecule has 14 nitrogen and oxygen atoms in total. The Labute approximate surface area is 360 Å². The first-order valence-electron chi connectivity index (χ1n) is 21.0. The monoisotopic (exact) mass is 861 g/mol. The quantitative estimate of drug-likeness (QED) is 0.151. The normalized spacial score (nSPS) is 36.6. The van der Waals surface area contributed by atoms with E-state index in [0.29, 0.717) is 22.7 Å². The van der Waals surface area contributed by atoms with Gasteiger partial charge in [-0.2, -0.15) is 0 Å². The lowest BCUT2D eigenvalue weighted by Gasteiger charge is -2.48. The minimum atomic E-state index is -1.96. The zero-order valence-electron chi connectivity index (χ0n) is 37.0. The highest BCUT2D eigenvalue weighted by atomic mass is 35.5. The number of amides is 1. The van der Waals surface area contributed by atoms with Crippen molar-refractivity contribution in [1.82, 2.24) is 10.2 Å². The van der Waals surface area contributed by atoms with Gasteiger partial charge in [-0.25, -0.2) is 4.79 Å². The number of ether oxygens (including phenoxy) is 5. The molecule has 4 N–H and O–H groups in total. The third kappa shape index (κ3) is 12.0. The van der Waals surface area contributed by atoms with Crippen molar-refractivity contribution in [3.05, 3.63) is 70.7 Å². The highest BCUT2D eigenvalue weighted by Crippen LogP contribution is 2.40. The Morgan fingerprint density at radius 2 is 1.67 bits per heavy atom. The molecule has 2 aromatic rings. The lowest BCUT2D eigenvalue weighted by atomic mass is 9.73. The van der Waals surface area contributed by atoms with Crippen LogP contribution < -0.4 is 5.32 Å². The average molecular weight is 863 g/mol. The van der Waals surface area contributed by atoms with Crippen molar-refractivity contribution < 1.29 is 53.4 Å². The molecule has 1 amide bonds. The van der Waals surface area contributed by atoms with E-state index in [1.807, 2.05) is 88.3 Å². The first-order chi connectivity index (χ1) is 28.2. The molecule has 0 saturated carbocycles. The number of halogens is 1. The molecule has 0 radical (unpaired) electrons. The second kappa shape index (κ2) is 21.6. The van der Waals surface area contributed by atoms with Gasteiger partial charge in [-0.1, -0.05) is 93.0 Å². The van der Waals surface area contributed by atoms with E-state index in [1.54, 1.807) is 33.8 Å². The predicted octanol–water partition coefficient (Wildman–Crippen LogP) is 6.11. The van der Waals surface area contributed by atoms with Gasteiger partial charge in [-0.05, 0) is 72.7 Å². The number of aliphatic hydroxyl groups excluding tert-OH is 2. The Bertz CT molecular complexity index is 1720. The number of nitrogens with zero attached hydrogens (tertiary/aromatic N) is 2. The zero-order chi connectivity index (χ0) is 44.5. The predicted molar refractivity (Wildman–Crippen MR) is 228 cm³/mol. The maximum absolute atomic E-state index is 14.3. The van der Waals surface area contributed by atoms with Crippen LogP contribution in [0.4, 0.5) is 4.79 Å². The van der Waals surface area contributed by atoms with Crippen LogP contribution in [-0.4, -0.2) is 119 Å². The number of oxime groups is 1. The summed E-state index contributed by atoms with van der Waals surface area (Å²) < 4.78 is 31.8. The lowest BCUT2D eigenvalue weighted by Crippen LogP contribution is -2.60. The summed E-state index contributed by atoms with van der Waals surface area (Å²) in [4.78, 5) is 35.8. The highest BCUT2D eigenvalue weighted by Gasteiger charge is 2.52. The highest BCUT2D eigenvalue weighted by molar-refractivity contribution is 6.31. The molecule has 4 rings (SSSR count). The molecule has 14 atom stereocenters. The van der Waals surface area contributed by atoms with Gasteiger partial charge < -0.3 is 54.1 Å². The minimum absolute atomic E-state index is 0.0278. The van der Waals surface area contributed by atoms with Crippen molar-refractivity contribution in [1.29, 1.82) is 0 Å². The largest absolute Gasteiger partial charge is 0.459 e. The summed E-state index contributed by atoms with van der Waals surface area (Å²) in [6.45, 7) is 14.1. The molecule has 0 aromatic heterocycles. The number of carbonyl (C=O) groups excluding carboxylic acids is 2. The molecule has 2 heterocycles. The Hall–Kier alpha value is -3.34. The molecule has 2 fully saturated rings. The van der Waals surface area contributed by atoms with Crippen LogP contribution in [0.5, 0.6) is 0 Å². The summed E-state index contributed by atoms with van der Waals surface area (Å²) in [5.74, 6) is -4.05. The number of rotatable bonds is 11. The molecule has 0 spiro atoms. The van der Waals surface area contributed by atoms with Crippen molar-refractivity contribution >= 4 is 29.4 Å². The van der Waals surface area contributed by atoms with Crippen molar-refractivity contribution in [2.75, 3.05) is 21.2 Å². The molecular formula is C45H68ClN3O11. The van der Waals surface area contributed by atoms with Gasteiger partial charge in [0.05, 0.1) is 35.5 Å². The van der Waals surface area contributed by atoms with Gasteiger partial charge in [0.2, 0.25) is 0 Å². The van der Waals surface area contributed by atoms with E-state index in [2.05, 4.69) is 10.5 Å². The van der Waals surface area contributed by atoms with E-state index in [0.717, 1.165) is 5.56 Å². The molecule has 2 aliphatic rings. The van der Waals surface area contributed by atoms with Gasteiger partial charge in [0.15, 0.2) is 6.29 Å². The first kappa shape index (κ1) is 49.3. The van der Waals surface area contributed by atoms with Crippen molar-refractivity contribution in [3.63, 3.8) is 0 Å². The molecule has 2 aromatic carbocycles. The number of aliphatic hydroxyl groups is 3. The van der Waals surface area contributed by atoms with Gasteiger partial charge in [0.1, 0.15) is 30.5 Å². The topological polar surface area (TPSA) is 178 Å². The van der Waals surface area contributed by atoms with Gasteiger partial charge in [-0.3, -0.25) is 4.79 Å². The summed E-state index contributed by atoms with van der Waals surface area (Å²) in [5.41, 5.74) is -1.31. The standard InChI is InChI=1S/C45H68ClN3O11/c1-12-35-45(8,54)39(51)28(4)36(48-56-25-32-20-16-17-21-33(32)46)26(2)23-44(7,55-11)40(60-42-37(50)34(49(9)10)22-27(3)57-42)29(5)38(30(6)41(52)58-35)59-43(53)47-24-31-18-14-13-15-19-31/h13-21,26-30,34-35,37-40,42,50-51,54H,12,22-25H2,1-11H3,(H,47,53)/b48-36-/t26-,27-,28+,29+,30-,34+,35-,37-,38+,39-,40-,42+,44-,45-/m1/s1. The van der Waals surface area contributed by atoms with Crippen molar-refractivity contribution in [2.45, 2.75) is 148 Å². The number of carbonyl (C=O) groups is 2. The fraction of sp³-hybridized carbons (Fsp3) is 0.667. The van der Waals surface area contributed by atoms with Crippen LogP contribution in [0, 0.1) is 23.7 Å². The number of likely N-dealkylation sites (N-methyl/N-ethyl adjacent to an activating group) is 1. The number of benzene rings is 2. The van der Waals surface area contributed by atoms with Crippen LogP contribution in [0.15, 0.2) is 59.8 Å². The van der Waals surface area contributed by atoms with E-state index in [1.165, 1.54) is 14.0 Å². The summed E-state index contributed by atoms with van der Waals surface area (Å²) in [5, 5.41) is 43.6. The maximum atomic E-state index is 14.3. The maximum Gasteiger partial charge on any atom is 0.407 e. The lowest BCUT2D eigenvalue weighted by molar-refractivity contribution is -0.301. The number of hydrogen-bond acceptors (Lipinski definition) is 13. The summed E-state index contributed by atoms with van der Waals surface area (Å²) in [6.07, 6.45) is -7.29. The molecule has 15 heteroatoms. The number of cyclic esters (lactones) is 1. The Balaban J connectivity index is 1.86. The first-order valence-corrected chi connectivity index (χ1v) is 21.4. The molecular weight excluding hydrogens is 794 g/mol. The van der Waals surface area contributed by atoms with Crippen LogP contribution in [0.1, 0.15) is 85.8 Å². The van der Waals surface area contributed by atoms with E-state index in [-0.39, 0.29) is 38.1 Å².